The maximum Gasteiger partial charge on any atom is 0.416 e. The van der Waals surface area contributed by atoms with Gasteiger partial charge < -0.3 is 14.2 Å². The molecular formula is C29H37F3N8O. The van der Waals surface area contributed by atoms with Gasteiger partial charge in [0.15, 0.2) is 11.5 Å². The average molecular weight is 571 g/mol. The maximum absolute atomic E-state index is 13.6. The van der Waals surface area contributed by atoms with Gasteiger partial charge in [-0.1, -0.05) is 26.0 Å². The molecule has 2 aliphatic heterocycles. The number of benzene rings is 1. The fraction of sp³-hybridized carbons (Fsp3) is 0.586. The van der Waals surface area contributed by atoms with E-state index in [4.69, 9.17) is 14.7 Å². The molecule has 4 aromatic rings. The normalized spacial score (nSPS) is 23.3. The zero-order chi connectivity index (χ0) is 29.1. The summed E-state index contributed by atoms with van der Waals surface area (Å²) in [4.78, 5) is 14.5. The first-order valence-electron chi connectivity index (χ1n) is 14.4. The predicted octanol–water partition coefficient (Wildman–Crippen LogP) is 5.28. The Morgan fingerprint density at radius 3 is 2.61 bits per heavy atom. The summed E-state index contributed by atoms with van der Waals surface area (Å²) in [6.07, 6.45) is -0.489. The minimum absolute atomic E-state index is 0.0305. The van der Waals surface area contributed by atoms with Crippen LogP contribution < -0.4 is 4.90 Å². The zero-order valence-corrected chi connectivity index (χ0v) is 24.1. The van der Waals surface area contributed by atoms with E-state index in [1.807, 2.05) is 17.4 Å². The van der Waals surface area contributed by atoms with Crippen molar-refractivity contribution in [3.8, 4) is 0 Å². The minimum atomic E-state index is -4.38. The molecule has 0 saturated carbocycles. The molecule has 1 aromatic carbocycles. The van der Waals surface area contributed by atoms with Crippen LogP contribution in [0.4, 0.5) is 19.0 Å². The minimum Gasteiger partial charge on any atom is -0.376 e. The summed E-state index contributed by atoms with van der Waals surface area (Å²) >= 11 is 0. The number of anilines is 1. The third-order valence-electron chi connectivity index (χ3n) is 8.57. The van der Waals surface area contributed by atoms with Crippen LogP contribution >= 0.6 is 0 Å². The van der Waals surface area contributed by atoms with E-state index in [0.29, 0.717) is 31.0 Å². The first-order valence-corrected chi connectivity index (χ1v) is 14.4. The molecule has 220 valence electrons. The summed E-state index contributed by atoms with van der Waals surface area (Å²) in [7, 11) is 0. The highest BCUT2D eigenvalue weighted by atomic mass is 19.4. The van der Waals surface area contributed by atoms with Gasteiger partial charge in [-0.2, -0.15) is 18.2 Å². The molecule has 12 heteroatoms. The molecule has 4 atom stereocenters. The molecule has 0 radical (unpaired) electrons. The first-order chi connectivity index (χ1) is 19.5. The standard InChI is InChI=1S/C29H37F3N8O/c1-17(2)25(21-8-6-9-22(12-21)29(30,31)32)37-13-19(4)38(14-18(37)3)26-24-27(40-16-33-36-28(40)35-26)39(20(5)34-24)15-23-10-7-11-41-23/h6,8-9,12,16-19,23,25H,7,10-11,13-15H2,1-5H3/t18-,19+,23+,25+/m1/s1. The lowest BCUT2D eigenvalue weighted by molar-refractivity contribution is -0.137. The van der Waals surface area contributed by atoms with Gasteiger partial charge in [0.2, 0.25) is 0 Å². The quantitative estimate of drug-likeness (QED) is 0.312. The number of imidazole rings is 1. The maximum atomic E-state index is 13.6. The van der Waals surface area contributed by atoms with Gasteiger partial charge in [-0.15, -0.1) is 10.2 Å². The second kappa shape index (κ2) is 10.5. The highest BCUT2D eigenvalue weighted by Gasteiger charge is 2.38. The molecule has 0 amide bonds. The Labute approximate surface area is 237 Å². The molecule has 2 aliphatic rings. The van der Waals surface area contributed by atoms with Crippen LogP contribution in [0.3, 0.4) is 0 Å². The van der Waals surface area contributed by atoms with Crippen molar-refractivity contribution < 1.29 is 17.9 Å². The number of hydrogen-bond donors (Lipinski definition) is 0. The van der Waals surface area contributed by atoms with E-state index >= 15 is 0 Å². The zero-order valence-electron chi connectivity index (χ0n) is 24.1. The molecule has 0 spiro atoms. The highest BCUT2D eigenvalue weighted by Crippen LogP contribution is 2.38. The summed E-state index contributed by atoms with van der Waals surface area (Å²) in [5.74, 6) is 2.26. The smallest absolute Gasteiger partial charge is 0.376 e. The van der Waals surface area contributed by atoms with Gasteiger partial charge in [-0.3, -0.25) is 4.90 Å². The van der Waals surface area contributed by atoms with Gasteiger partial charge in [0, 0.05) is 37.8 Å². The lowest BCUT2D eigenvalue weighted by Gasteiger charge is -2.49. The van der Waals surface area contributed by atoms with Crippen molar-refractivity contribution in [2.45, 2.75) is 84.4 Å². The van der Waals surface area contributed by atoms with Gasteiger partial charge >= 0.3 is 6.18 Å². The Morgan fingerprint density at radius 1 is 1.10 bits per heavy atom. The molecule has 0 bridgehead atoms. The van der Waals surface area contributed by atoms with E-state index in [9.17, 15) is 13.2 Å². The fourth-order valence-electron chi connectivity index (χ4n) is 6.65. The molecule has 0 aliphatic carbocycles. The summed E-state index contributed by atoms with van der Waals surface area (Å²) in [5.41, 5.74) is 1.77. The van der Waals surface area contributed by atoms with Gasteiger partial charge in [-0.25, -0.2) is 9.38 Å². The number of alkyl halides is 3. The van der Waals surface area contributed by atoms with E-state index in [1.54, 1.807) is 6.33 Å². The van der Waals surface area contributed by atoms with Crippen LogP contribution in [0.1, 0.15) is 63.5 Å². The average Bonchev–Trinajstić information content (AvgIpc) is 3.66. The van der Waals surface area contributed by atoms with Crippen molar-refractivity contribution in [3.63, 3.8) is 0 Å². The topological polar surface area (TPSA) is 76.6 Å². The number of piperazine rings is 1. The Hall–Kier alpha value is -3.25. The van der Waals surface area contributed by atoms with Gasteiger partial charge in [-0.05, 0) is 57.2 Å². The van der Waals surface area contributed by atoms with Crippen LogP contribution in [0.25, 0.3) is 16.9 Å². The largest absolute Gasteiger partial charge is 0.416 e. The summed E-state index contributed by atoms with van der Waals surface area (Å²) in [5, 5.41) is 8.42. The van der Waals surface area contributed by atoms with Crippen molar-refractivity contribution in [2.75, 3.05) is 24.6 Å². The lowest BCUT2D eigenvalue weighted by atomic mass is 9.90. The molecule has 41 heavy (non-hydrogen) atoms. The second-order valence-corrected chi connectivity index (χ2v) is 11.9. The summed E-state index contributed by atoms with van der Waals surface area (Å²) in [6.45, 7) is 13.2. The molecule has 5 heterocycles. The summed E-state index contributed by atoms with van der Waals surface area (Å²) < 4.78 is 50.7. The Balaban J connectivity index is 1.35. The molecule has 6 rings (SSSR count). The van der Waals surface area contributed by atoms with E-state index < -0.39 is 11.7 Å². The number of halogens is 3. The van der Waals surface area contributed by atoms with Crippen molar-refractivity contribution in [2.24, 2.45) is 5.92 Å². The van der Waals surface area contributed by atoms with Crippen molar-refractivity contribution >= 4 is 22.8 Å². The van der Waals surface area contributed by atoms with Crippen LogP contribution in [0, 0.1) is 12.8 Å². The number of rotatable bonds is 6. The highest BCUT2D eigenvalue weighted by molar-refractivity contribution is 5.87. The monoisotopic (exact) mass is 570 g/mol. The number of ether oxygens (including phenoxy) is 1. The third-order valence-corrected chi connectivity index (χ3v) is 8.57. The summed E-state index contributed by atoms with van der Waals surface area (Å²) in [6, 6.07) is 5.71. The van der Waals surface area contributed by atoms with Crippen molar-refractivity contribution in [1.82, 2.24) is 34.0 Å². The molecular weight excluding hydrogens is 533 g/mol. The fourth-order valence-corrected chi connectivity index (χ4v) is 6.65. The van der Waals surface area contributed by atoms with Crippen LogP contribution in [0.15, 0.2) is 30.6 Å². The van der Waals surface area contributed by atoms with E-state index in [0.717, 1.165) is 48.3 Å². The molecule has 0 N–H and O–H groups in total. The van der Waals surface area contributed by atoms with Crippen LogP contribution in [0.2, 0.25) is 0 Å². The number of nitrogens with zero attached hydrogens (tertiary/aromatic N) is 8. The van der Waals surface area contributed by atoms with E-state index in [1.165, 1.54) is 12.1 Å². The molecule has 2 saturated heterocycles. The van der Waals surface area contributed by atoms with Gasteiger partial charge in [0.1, 0.15) is 17.7 Å². The number of fused-ring (bicyclic) bond motifs is 3. The van der Waals surface area contributed by atoms with Gasteiger partial charge in [0.25, 0.3) is 5.78 Å². The van der Waals surface area contributed by atoms with E-state index in [-0.39, 0.29) is 30.1 Å². The molecule has 3 aromatic heterocycles. The second-order valence-electron chi connectivity index (χ2n) is 11.9. The van der Waals surface area contributed by atoms with Crippen LogP contribution in [0.5, 0.6) is 0 Å². The first kappa shape index (κ1) is 27.9. The van der Waals surface area contributed by atoms with Crippen LogP contribution in [-0.4, -0.2) is 71.9 Å². The molecule has 0 unspecified atom stereocenters. The molecule has 2 fully saturated rings. The van der Waals surface area contributed by atoms with Crippen molar-refractivity contribution in [1.29, 1.82) is 0 Å². The Bertz CT molecular complexity index is 1540. The number of hydrogen-bond acceptors (Lipinski definition) is 7. The third kappa shape index (κ3) is 5.05. The predicted molar refractivity (Wildman–Crippen MR) is 150 cm³/mol. The lowest BCUT2D eigenvalue weighted by Crippen LogP contribution is -2.58. The van der Waals surface area contributed by atoms with Gasteiger partial charge in [0.05, 0.1) is 18.2 Å². The van der Waals surface area contributed by atoms with Crippen molar-refractivity contribution in [3.05, 3.63) is 47.5 Å². The SMILES string of the molecule is Cc1nc2c(N3C[C@@H](C)N([C@H](c4cccc(C(F)(F)F)c4)C(C)C)C[C@@H]3C)nc3nncn3c2n1C[C@@H]1CCCO1. The Morgan fingerprint density at radius 2 is 1.90 bits per heavy atom. The van der Waals surface area contributed by atoms with E-state index in [2.05, 4.69) is 52.3 Å². The molecule has 9 nitrogen and oxygen atoms in total. The number of aryl methyl sites for hydroxylation is 1. The van der Waals surface area contributed by atoms with Crippen LogP contribution in [-0.2, 0) is 17.5 Å². The Kier molecular flexibility index (Phi) is 7.17. The number of aromatic nitrogens is 6.